The van der Waals surface area contributed by atoms with Gasteiger partial charge in [0.1, 0.15) is 37.5 Å². The van der Waals surface area contributed by atoms with Crippen molar-refractivity contribution in [3.8, 4) is 49.6 Å². The highest BCUT2D eigenvalue weighted by Gasteiger charge is 2.27. The molecule has 7 rings (SSSR count). The number of pyridine rings is 1. The Labute approximate surface area is 195 Å². The van der Waals surface area contributed by atoms with E-state index in [9.17, 15) is 0 Å². The van der Waals surface area contributed by atoms with Crippen LogP contribution in [0, 0.1) is 0 Å². The van der Waals surface area contributed by atoms with E-state index in [1.807, 2.05) is 22.9 Å². The summed E-state index contributed by atoms with van der Waals surface area (Å²) in [6.45, 7) is 2.17. The highest BCUT2D eigenvalue weighted by molar-refractivity contribution is 7.15. The Morgan fingerprint density at radius 2 is 1.18 bits per heavy atom. The first-order valence-electron chi connectivity index (χ1n) is 10.4. The van der Waals surface area contributed by atoms with E-state index in [2.05, 4.69) is 17.1 Å². The number of nitrogens with zero attached hydrogens (tertiary/aromatic N) is 4. The van der Waals surface area contributed by atoms with E-state index in [0.29, 0.717) is 26.4 Å². The monoisotopic (exact) mass is 476 g/mol. The van der Waals surface area contributed by atoms with Gasteiger partial charge in [0.25, 0.3) is 0 Å². The molecule has 10 heteroatoms. The molecule has 0 fully saturated rings. The van der Waals surface area contributed by atoms with E-state index < -0.39 is 0 Å². The Bertz CT molecular complexity index is 1400. The third kappa shape index (κ3) is 2.98. The fraction of sp³-hybridized carbons (Fsp3) is 0.174. The van der Waals surface area contributed by atoms with Gasteiger partial charge in [-0.2, -0.15) is 4.80 Å². The molecule has 0 N–H and O–H groups in total. The summed E-state index contributed by atoms with van der Waals surface area (Å²) < 4.78 is 23.4. The van der Waals surface area contributed by atoms with Crippen LogP contribution in [-0.4, -0.2) is 46.4 Å². The molecular weight excluding hydrogens is 460 g/mol. The zero-order chi connectivity index (χ0) is 21.8. The third-order valence-corrected chi connectivity index (χ3v) is 7.47. The maximum absolute atomic E-state index is 5.95. The van der Waals surface area contributed by atoms with E-state index in [1.165, 1.54) is 0 Å². The van der Waals surface area contributed by atoms with Crippen LogP contribution >= 0.6 is 22.7 Å². The minimum Gasteiger partial charge on any atom is -0.485 e. The molecule has 0 saturated carbocycles. The Morgan fingerprint density at radius 3 is 1.73 bits per heavy atom. The lowest BCUT2D eigenvalue weighted by Gasteiger charge is -2.17. The second-order valence-electron chi connectivity index (χ2n) is 7.46. The largest absolute Gasteiger partial charge is 0.485 e. The SMILES string of the molecule is c1cc(-n2nc3c(-c4scc5c4OCCO5)ccc(-c4scc5c4OCCO5)c3n2)ccn1. The summed E-state index contributed by atoms with van der Waals surface area (Å²) in [4.78, 5) is 7.72. The van der Waals surface area contributed by atoms with Gasteiger partial charge < -0.3 is 18.9 Å². The average Bonchev–Trinajstić information content (AvgIpc) is 3.61. The van der Waals surface area contributed by atoms with Gasteiger partial charge in [-0.25, -0.2) is 0 Å². The topological polar surface area (TPSA) is 80.5 Å². The summed E-state index contributed by atoms with van der Waals surface area (Å²) in [5.41, 5.74) is 4.30. The number of hydrogen-bond donors (Lipinski definition) is 0. The molecule has 2 aliphatic rings. The molecule has 0 atom stereocenters. The highest BCUT2D eigenvalue weighted by Crippen LogP contribution is 2.50. The van der Waals surface area contributed by atoms with E-state index in [1.54, 1.807) is 39.9 Å². The van der Waals surface area contributed by atoms with Crippen molar-refractivity contribution in [2.45, 2.75) is 0 Å². The zero-order valence-electron chi connectivity index (χ0n) is 17.2. The maximum atomic E-state index is 5.95. The molecule has 5 aromatic rings. The molecule has 164 valence electrons. The average molecular weight is 477 g/mol. The molecule has 2 aliphatic heterocycles. The fourth-order valence-electron chi connectivity index (χ4n) is 4.05. The summed E-state index contributed by atoms with van der Waals surface area (Å²) in [5.74, 6) is 3.09. The lowest BCUT2D eigenvalue weighted by atomic mass is 10.0. The van der Waals surface area contributed by atoms with E-state index >= 15 is 0 Å². The Kier molecular flexibility index (Phi) is 4.27. The number of hydrogen-bond acceptors (Lipinski definition) is 9. The molecule has 0 bridgehead atoms. The van der Waals surface area contributed by atoms with E-state index in [0.717, 1.165) is 60.6 Å². The van der Waals surface area contributed by atoms with Crippen LogP contribution in [0.5, 0.6) is 23.0 Å². The lowest BCUT2D eigenvalue weighted by Crippen LogP contribution is -2.14. The van der Waals surface area contributed by atoms with Gasteiger partial charge in [0.15, 0.2) is 23.0 Å². The van der Waals surface area contributed by atoms with Gasteiger partial charge in [0, 0.05) is 34.3 Å². The smallest absolute Gasteiger partial charge is 0.180 e. The number of fused-ring (bicyclic) bond motifs is 3. The standard InChI is InChI=1S/C23H16N4O4S2/c1-2-15(23-21-17(12-33-23)29-8-10-31-21)19-18(25-27(26-19)13-3-5-24-6-4-13)14(1)22-20-16(11-32-22)28-7-9-30-20/h1-6,11-12H,7-10H2. The Hall–Kier alpha value is -3.63. The number of thiophene rings is 2. The summed E-state index contributed by atoms with van der Waals surface area (Å²) in [7, 11) is 0. The predicted octanol–water partition coefficient (Wildman–Crippen LogP) is 4.81. The third-order valence-electron chi connectivity index (χ3n) is 5.53. The minimum atomic E-state index is 0.528. The van der Waals surface area contributed by atoms with E-state index in [4.69, 9.17) is 29.1 Å². The maximum Gasteiger partial charge on any atom is 0.180 e. The van der Waals surface area contributed by atoms with Crippen LogP contribution in [-0.2, 0) is 0 Å². The zero-order valence-corrected chi connectivity index (χ0v) is 18.8. The predicted molar refractivity (Wildman–Crippen MR) is 125 cm³/mol. The van der Waals surface area contributed by atoms with Crippen LogP contribution in [0.15, 0.2) is 47.4 Å². The number of ether oxygens (including phenoxy) is 4. The fourth-order valence-corrected chi connectivity index (χ4v) is 5.97. The first-order valence-corrected chi connectivity index (χ1v) is 12.2. The quantitative estimate of drug-likeness (QED) is 0.369. The highest BCUT2D eigenvalue weighted by atomic mass is 32.1. The van der Waals surface area contributed by atoms with Gasteiger partial charge >= 0.3 is 0 Å². The van der Waals surface area contributed by atoms with Crippen LogP contribution in [0.25, 0.3) is 37.6 Å². The second-order valence-corrected chi connectivity index (χ2v) is 9.22. The summed E-state index contributed by atoms with van der Waals surface area (Å²) in [5, 5.41) is 13.7. The lowest BCUT2D eigenvalue weighted by molar-refractivity contribution is 0.174. The molecule has 33 heavy (non-hydrogen) atoms. The number of rotatable bonds is 3. The van der Waals surface area contributed by atoms with Crippen molar-refractivity contribution in [3.63, 3.8) is 0 Å². The van der Waals surface area contributed by atoms with Crippen LogP contribution < -0.4 is 18.9 Å². The van der Waals surface area contributed by atoms with Gasteiger partial charge in [0.2, 0.25) is 0 Å². The molecule has 1 aromatic carbocycles. The van der Waals surface area contributed by atoms with Gasteiger partial charge in [-0.1, -0.05) is 12.1 Å². The van der Waals surface area contributed by atoms with Crippen molar-refractivity contribution < 1.29 is 18.9 Å². The number of aromatic nitrogens is 4. The molecular formula is C23H16N4O4S2. The van der Waals surface area contributed by atoms with Crippen LogP contribution in [0.4, 0.5) is 0 Å². The molecule has 0 saturated heterocycles. The van der Waals surface area contributed by atoms with Crippen LogP contribution in [0.2, 0.25) is 0 Å². The molecule has 4 aromatic heterocycles. The summed E-state index contributed by atoms with van der Waals surface area (Å²) in [6.07, 6.45) is 3.46. The molecule has 0 spiro atoms. The van der Waals surface area contributed by atoms with Gasteiger partial charge in [-0.15, -0.1) is 32.9 Å². The van der Waals surface area contributed by atoms with Crippen molar-refractivity contribution in [1.82, 2.24) is 20.0 Å². The Morgan fingerprint density at radius 1 is 0.667 bits per heavy atom. The molecule has 0 aliphatic carbocycles. The first kappa shape index (κ1) is 18.9. The van der Waals surface area contributed by atoms with Gasteiger partial charge in [-0.3, -0.25) is 4.98 Å². The molecule has 8 nitrogen and oxygen atoms in total. The van der Waals surface area contributed by atoms with E-state index in [-0.39, 0.29) is 0 Å². The minimum absolute atomic E-state index is 0.528. The van der Waals surface area contributed by atoms with Crippen molar-refractivity contribution >= 4 is 33.7 Å². The molecule has 0 radical (unpaired) electrons. The molecule has 0 amide bonds. The first-order chi connectivity index (χ1) is 16.4. The van der Waals surface area contributed by atoms with Gasteiger partial charge in [0.05, 0.1) is 15.4 Å². The Balaban J connectivity index is 1.47. The van der Waals surface area contributed by atoms with Crippen molar-refractivity contribution in [3.05, 3.63) is 47.4 Å². The molecule has 0 unspecified atom stereocenters. The van der Waals surface area contributed by atoms with Crippen molar-refractivity contribution in [2.75, 3.05) is 26.4 Å². The van der Waals surface area contributed by atoms with Crippen molar-refractivity contribution in [2.24, 2.45) is 0 Å². The van der Waals surface area contributed by atoms with Crippen molar-refractivity contribution in [1.29, 1.82) is 0 Å². The summed E-state index contributed by atoms with van der Waals surface area (Å²) >= 11 is 3.17. The van der Waals surface area contributed by atoms with Gasteiger partial charge in [-0.05, 0) is 12.1 Å². The normalized spacial score (nSPS) is 14.5. The molecule has 6 heterocycles. The van der Waals surface area contributed by atoms with Crippen LogP contribution in [0.3, 0.4) is 0 Å². The van der Waals surface area contributed by atoms with Crippen LogP contribution in [0.1, 0.15) is 0 Å². The number of benzene rings is 1. The summed E-state index contributed by atoms with van der Waals surface area (Å²) in [6, 6.07) is 7.91. The second kappa shape index (κ2) is 7.46.